The lowest BCUT2D eigenvalue weighted by Crippen LogP contribution is -2.32. The molecule has 180 valence electrons. The average molecular weight is 492 g/mol. The molecule has 0 amide bonds. The highest BCUT2D eigenvalue weighted by Crippen LogP contribution is 2.37. The van der Waals surface area contributed by atoms with Crippen molar-refractivity contribution in [3.05, 3.63) is 149 Å². The Morgan fingerprint density at radius 1 is 0.667 bits per heavy atom. The summed E-state index contributed by atoms with van der Waals surface area (Å²) in [6, 6.07) is 35.4. The van der Waals surface area contributed by atoms with Crippen molar-refractivity contribution < 1.29 is 8.42 Å². The number of benzene rings is 4. The van der Waals surface area contributed by atoms with E-state index < -0.39 is 10.0 Å². The maximum Gasteiger partial charge on any atom is 0.264 e. The summed E-state index contributed by atoms with van der Waals surface area (Å²) in [5, 5.41) is 0. The van der Waals surface area contributed by atoms with Gasteiger partial charge in [-0.1, -0.05) is 114 Å². The number of allylic oxidation sites excluding steroid dienone is 2. The van der Waals surface area contributed by atoms with Crippen LogP contribution in [0.2, 0.25) is 0 Å². The summed E-state index contributed by atoms with van der Waals surface area (Å²) in [7, 11) is -3.82. The fourth-order valence-corrected chi connectivity index (χ4v) is 6.05. The smallest absolute Gasteiger partial charge is 0.264 e. The molecule has 0 radical (unpaired) electrons. The minimum atomic E-state index is -3.82. The van der Waals surface area contributed by atoms with E-state index in [9.17, 15) is 8.42 Å². The number of sulfonamides is 1. The van der Waals surface area contributed by atoms with Crippen molar-refractivity contribution >= 4 is 21.3 Å². The summed E-state index contributed by atoms with van der Waals surface area (Å²) in [4.78, 5) is 0.292. The van der Waals surface area contributed by atoms with E-state index in [0.717, 1.165) is 27.8 Å². The molecule has 0 N–H and O–H groups in total. The van der Waals surface area contributed by atoms with E-state index in [-0.39, 0.29) is 5.92 Å². The summed E-state index contributed by atoms with van der Waals surface area (Å²) in [6.07, 6.45) is 4.22. The van der Waals surface area contributed by atoms with Gasteiger partial charge in [-0.3, -0.25) is 4.31 Å². The lowest BCUT2D eigenvalue weighted by Gasteiger charge is -2.29. The van der Waals surface area contributed by atoms with Gasteiger partial charge < -0.3 is 0 Å². The lowest BCUT2D eigenvalue weighted by atomic mass is 9.94. The van der Waals surface area contributed by atoms with Gasteiger partial charge in [-0.05, 0) is 54.3 Å². The third-order valence-corrected chi connectivity index (χ3v) is 8.39. The van der Waals surface area contributed by atoms with Crippen LogP contribution in [-0.4, -0.2) is 19.3 Å². The predicted molar refractivity (Wildman–Crippen MR) is 148 cm³/mol. The van der Waals surface area contributed by atoms with Gasteiger partial charge in [0.2, 0.25) is 0 Å². The Morgan fingerprint density at radius 2 is 1.19 bits per heavy atom. The largest absolute Gasteiger partial charge is 0.265 e. The molecule has 1 atom stereocenters. The Labute approximate surface area is 214 Å². The van der Waals surface area contributed by atoms with Gasteiger partial charge in [0.15, 0.2) is 0 Å². The molecular formula is C32H29NO2S. The first-order valence-electron chi connectivity index (χ1n) is 12.1. The average Bonchev–Trinajstić information content (AvgIpc) is 3.12. The van der Waals surface area contributed by atoms with Crippen molar-refractivity contribution in [2.45, 2.75) is 24.7 Å². The molecule has 3 nitrogen and oxygen atoms in total. The molecular weight excluding hydrogens is 462 g/mol. The van der Waals surface area contributed by atoms with Crippen LogP contribution >= 0.6 is 0 Å². The van der Waals surface area contributed by atoms with Crippen LogP contribution in [0.25, 0.3) is 11.3 Å². The SMILES string of the molecule is Cc1ccc(C2C=C(c3ccccc3)C=C(c3ccccc3)N(S(=O)(=O)c3ccc(C)cc3)C2)cc1. The van der Waals surface area contributed by atoms with E-state index in [1.54, 1.807) is 16.4 Å². The van der Waals surface area contributed by atoms with Crippen molar-refractivity contribution in [3.63, 3.8) is 0 Å². The first kappa shape index (κ1) is 23.8. The molecule has 0 fully saturated rings. The van der Waals surface area contributed by atoms with Crippen LogP contribution in [0.15, 0.2) is 126 Å². The van der Waals surface area contributed by atoms with Crippen LogP contribution in [0, 0.1) is 13.8 Å². The third-order valence-electron chi connectivity index (χ3n) is 6.60. The van der Waals surface area contributed by atoms with Crippen molar-refractivity contribution in [3.8, 4) is 0 Å². The van der Waals surface area contributed by atoms with Crippen molar-refractivity contribution in [1.82, 2.24) is 4.31 Å². The minimum absolute atomic E-state index is 0.126. The fraction of sp³-hybridized carbons (Fsp3) is 0.125. The van der Waals surface area contributed by atoms with Gasteiger partial charge in [-0.2, -0.15) is 0 Å². The second-order valence-corrected chi connectivity index (χ2v) is 11.1. The van der Waals surface area contributed by atoms with Crippen LogP contribution in [0.4, 0.5) is 0 Å². The van der Waals surface area contributed by atoms with E-state index in [1.807, 2.05) is 73.7 Å². The van der Waals surface area contributed by atoms with Crippen LogP contribution < -0.4 is 0 Å². The van der Waals surface area contributed by atoms with Gasteiger partial charge in [0.25, 0.3) is 10.0 Å². The van der Waals surface area contributed by atoms with Crippen LogP contribution in [0.1, 0.15) is 33.7 Å². The predicted octanol–water partition coefficient (Wildman–Crippen LogP) is 7.22. The van der Waals surface area contributed by atoms with Crippen LogP contribution in [-0.2, 0) is 10.0 Å². The Bertz CT molecular complexity index is 1500. The molecule has 1 aliphatic rings. The van der Waals surface area contributed by atoms with E-state index >= 15 is 0 Å². The van der Waals surface area contributed by atoms with Gasteiger partial charge in [-0.25, -0.2) is 8.42 Å². The molecule has 0 spiro atoms. The summed E-state index contributed by atoms with van der Waals surface area (Å²) in [5.74, 6) is -0.126. The summed E-state index contributed by atoms with van der Waals surface area (Å²) in [6.45, 7) is 4.32. The number of nitrogens with zero attached hydrogens (tertiary/aromatic N) is 1. The molecule has 0 saturated heterocycles. The van der Waals surface area contributed by atoms with E-state index in [1.165, 1.54) is 5.56 Å². The zero-order valence-electron chi connectivity index (χ0n) is 20.5. The number of hydrogen-bond donors (Lipinski definition) is 0. The molecule has 0 saturated carbocycles. The molecule has 36 heavy (non-hydrogen) atoms. The topological polar surface area (TPSA) is 37.4 Å². The van der Waals surface area contributed by atoms with Crippen molar-refractivity contribution in [2.75, 3.05) is 6.54 Å². The number of rotatable bonds is 5. The van der Waals surface area contributed by atoms with E-state index in [4.69, 9.17) is 0 Å². The Balaban J connectivity index is 1.72. The first-order valence-corrected chi connectivity index (χ1v) is 13.6. The molecule has 4 heteroatoms. The third kappa shape index (κ3) is 4.91. The van der Waals surface area contributed by atoms with Gasteiger partial charge in [0.1, 0.15) is 0 Å². The minimum Gasteiger partial charge on any atom is -0.265 e. The van der Waals surface area contributed by atoms with Gasteiger partial charge >= 0.3 is 0 Å². The zero-order valence-corrected chi connectivity index (χ0v) is 21.3. The van der Waals surface area contributed by atoms with Gasteiger partial charge in [0.05, 0.1) is 10.6 Å². The quantitative estimate of drug-likeness (QED) is 0.296. The summed E-state index contributed by atoms with van der Waals surface area (Å²) >= 11 is 0. The van der Waals surface area contributed by atoms with E-state index in [0.29, 0.717) is 17.1 Å². The maximum atomic E-state index is 14.2. The van der Waals surface area contributed by atoms with Crippen LogP contribution in [0.5, 0.6) is 0 Å². The highest BCUT2D eigenvalue weighted by atomic mass is 32.2. The molecule has 1 unspecified atom stereocenters. The molecule has 0 bridgehead atoms. The molecule has 1 heterocycles. The highest BCUT2D eigenvalue weighted by molar-refractivity contribution is 7.89. The molecule has 0 aromatic heterocycles. The molecule has 0 aliphatic carbocycles. The molecule has 4 aromatic rings. The fourth-order valence-electron chi connectivity index (χ4n) is 4.54. The maximum absolute atomic E-state index is 14.2. The number of hydrogen-bond acceptors (Lipinski definition) is 2. The van der Waals surface area contributed by atoms with Gasteiger partial charge in [-0.15, -0.1) is 0 Å². The molecule has 4 aromatic carbocycles. The van der Waals surface area contributed by atoms with Crippen molar-refractivity contribution in [2.24, 2.45) is 0 Å². The second kappa shape index (κ2) is 10.00. The second-order valence-electron chi connectivity index (χ2n) is 9.25. The number of aryl methyl sites for hydroxylation is 2. The Hall–Kier alpha value is -3.89. The monoisotopic (exact) mass is 491 g/mol. The van der Waals surface area contributed by atoms with E-state index in [2.05, 4.69) is 49.4 Å². The lowest BCUT2D eigenvalue weighted by molar-refractivity contribution is 0.499. The van der Waals surface area contributed by atoms with Crippen LogP contribution in [0.3, 0.4) is 0 Å². The summed E-state index contributed by atoms with van der Waals surface area (Å²) in [5.41, 5.74) is 6.86. The Morgan fingerprint density at radius 3 is 1.78 bits per heavy atom. The standard InChI is InChI=1S/C32H29NO2S/c1-24-13-17-27(18-14-24)30-21-29(26-9-5-3-6-10-26)22-32(28-11-7-4-8-12-28)33(23-30)36(34,35)31-19-15-25(2)16-20-31/h3-22,30H,23H2,1-2H3. The highest BCUT2D eigenvalue weighted by Gasteiger charge is 2.32. The zero-order chi connectivity index (χ0) is 25.1. The molecule has 1 aliphatic heterocycles. The first-order chi connectivity index (χ1) is 17.4. The normalized spacial score (nSPS) is 16.2. The van der Waals surface area contributed by atoms with Crippen molar-refractivity contribution in [1.29, 1.82) is 0 Å². The molecule has 5 rings (SSSR count). The summed E-state index contributed by atoms with van der Waals surface area (Å²) < 4.78 is 29.9. The Kier molecular flexibility index (Phi) is 6.62. The van der Waals surface area contributed by atoms with Gasteiger partial charge in [0, 0.05) is 12.5 Å².